The maximum atomic E-state index is 13.0. The molecular weight excluding hydrogens is 407 g/mol. The lowest BCUT2D eigenvalue weighted by Crippen LogP contribution is -2.67. The normalized spacial score (nSPS) is 21.4. The van der Waals surface area contributed by atoms with E-state index in [2.05, 4.69) is 19.9 Å². The fourth-order valence-corrected chi connectivity index (χ4v) is 4.67. The molecule has 1 aromatic carbocycles. The molecule has 0 radical (unpaired) electrons. The third kappa shape index (κ3) is 3.47. The first kappa shape index (κ1) is 19.7. The van der Waals surface area contributed by atoms with Gasteiger partial charge in [-0.05, 0) is 49.6 Å². The number of pyridine rings is 1. The van der Waals surface area contributed by atoms with Gasteiger partial charge in [-0.25, -0.2) is 0 Å². The standard InChI is InChI=1S/C22H20F3N5O/c23-22(24,25)19-12-15(4-7-28-19)20(31)29-10-1-5-21(14-29)6-11-30(21)16-2-3-17-18(13-16)27-9-8-26-17/h2-4,7-9,12-13H,1,5-6,10-11,14H2/t21-/m0/s1. The third-order valence-electron chi connectivity index (χ3n) is 6.28. The highest BCUT2D eigenvalue weighted by molar-refractivity contribution is 5.94. The topological polar surface area (TPSA) is 62.2 Å². The Morgan fingerprint density at radius 2 is 1.74 bits per heavy atom. The molecular formula is C22H20F3N5O. The molecule has 0 unspecified atom stereocenters. The SMILES string of the molecule is O=C(c1ccnc(C(F)(F)F)c1)N1CCC[C@]2(CCN2c2ccc3nccnc3c2)C1. The third-order valence-corrected chi connectivity index (χ3v) is 6.28. The van der Waals surface area contributed by atoms with Gasteiger partial charge < -0.3 is 9.80 Å². The van der Waals surface area contributed by atoms with Crippen LogP contribution in [0.1, 0.15) is 35.3 Å². The highest BCUT2D eigenvalue weighted by Crippen LogP contribution is 2.42. The minimum absolute atomic E-state index is 0.0197. The lowest BCUT2D eigenvalue weighted by molar-refractivity contribution is -0.141. The van der Waals surface area contributed by atoms with E-state index >= 15 is 0 Å². The van der Waals surface area contributed by atoms with Gasteiger partial charge in [0, 0.05) is 49.5 Å². The number of aromatic nitrogens is 3. The van der Waals surface area contributed by atoms with Crippen molar-refractivity contribution in [2.24, 2.45) is 0 Å². The molecule has 2 aliphatic rings. The molecule has 5 rings (SSSR count). The van der Waals surface area contributed by atoms with Gasteiger partial charge in [0.1, 0.15) is 5.69 Å². The van der Waals surface area contributed by atoms with Crippen LogP contribution in [-0.2, 0) is 6.18 Å². The Morgan fingerprint density at radius 3 is 2.48 bits per heavy atom. The number of carbonyl (C=O) groups is 1. The lowest BCUT2D eigenvalue weighted by Gasteiger charge is -2.58. The molecule has 2 aromatic heterocycles. The summed E-state index contributed by atoms with van der Waals surface area (Å²) in [4.78, 5) is 29.0. The fourth-order valence-electron chi connectivity index (χ4n) is 4.67. The number of alkyl halides is 3. The van der Waals surface area contributed by atoms with E-state index in [0.717, 1.165) is 54.8 Å². The monoisotopic (exact) mass is 427 g/mol. The zero-order chi connectivity index (χ0) is 21.6. The maximum absolute atomic E-state index is 13.0. The summed E-state index contributed by atoms with van der Waals surface area (Å²) in [5.74, 6) is -0.386. The Balaban J connectivity index is 1.39. The van der Waals surface area contributed by atoms with Crippen LogP contribution in [0, 0.1) is 0 Å². The van der Waals surface area contributed by atoms with Gasteiger partial charge in [0.2, 0.25) is 0 Å². The number of rotatable bonds is 2. The zero-order valence-corrected chi connectivity index (χ0v) is 16.6. The second-order valence-electron chi connectivity index (χ2n) is 8.11. The van der Waals surface area contributed by atoms with Gasteiger partial charge in [0.15, 0.2) is 0 Å². The van der Waals surface area contributed by atoms with Gasteiger partial charge in [0.25, 0.3) is 5.91 Å². The number of amides is 1. The summed E-state index contributed by atoms with van der Waals surface area (Å²) < 4.78 is 39.0. The first-order valence-electron chi connectivity index (χ1n) is 10.2. The highest BCUT2D eigenvalue weighted by Gasteiger charge is 2.48. The van der Waals surface area contributed by atoms with E-state index in [1.165, 1.54) is 6.07 Å². The molecule has 0 saturated carbocycles. The van der Waals surface area contributed by atoms with E-state index in [9.17, 15) is 18.0 Å². The van der Waals surface area contributed by atoms with Crippen molar-refractivity contribution in [2.45, 2.75) is 31.0 Å². The Hall–Kier alpha value is -3.23. The molecule has 1 spiro atoms. The summed E-state index contributed by atoms with van der Waals surface area (Å²) in [5, 5.41) is 0. The molecule has 0 N–H and O–H groups in total. The van der Waals surface area contributed by atoms with E-state index in [-0.39, 0.29) is 17.0 Å². The van der Waals surface area contributed by atoms with Gasteiger partial charge in [-0.3, -0.25) is 19.7 Å². The van der Waals surface area contributed by atoms with Crippen LogP contribution in [0.5, 0.6) is 0 Å². The molecule has 2 saturated heterocycles. The summed E-state index contributed by atoms with van der Waals surface area (Å²) in [6.07, 6.45) is 2.43. The number of halogens is 3. The second kappa shape index (κ2) is 7.18. The molecule has 2 aliphatic heterocycles. The number of carbonyl (C=O) groups excluding carboxylic acids is 1. The summed E-state index contributed by atoms with van der Waals surface area (Å²) in [6, 6.07) is 8.13. The van der Waals surface area contributed by atoms with Crippen LogP contribution in [0.15, 0.2) is 48.9 Å². The number of hydrogen-bond donors (Lipinski definition) is 0. The second-order valence-corrected chi connectivity index (χ2v) is 8.11. The molecule has 2 fully saturated rings. The fraction of sp³-hybridized carbons (Fsp3) is 0.364. The smallest absolute Gasteiger partial charge is 0.364 e. The minimum atomic E-state index is -4.58. The van der Waals surface area contributed by atoms with E-state index < -0.39 is 11.9 Å². The number of benzene rings is 1. The van der Waals surface area contributed by atoms with Crippen LogP contribution in [0.25, 0.3) is 11.0 Å². The zero-order valence-electron chi connectivity index (χ0n) is 16.6. The van der Waals surface area contributed by atoms with Gasteiger partial charge >= 0.3 is 6.18 Å². The molecule has 9 heteroatoms. The minimum Gasteiger partial charge on any atom is -0.364 e. The number of piperidine rings is 1. The maximum Gasteiger partial charge on any atom is 0.433 e. The van der Waals surface area contributed by atoms with Crippen molar-refractivity contribution >= 4 is 22.6 Å². The van der Waals surface area contributed by atoms with Crippen molar-refractivity contribution < 1.29 is 18.0 Å². The van der Waals surface area contributed by atoms with Gasteiger partial charge in [-0.2, -0.15) is 13.2 Å². The number of hydrogen-bond acceptors (Lipinski definition) is 5. The number of anilines is 1. The molecule has 0 bridgehead atoms. The summed E-state index contributed by atoms with van der Waals surface area (Å²) in [6.45, 7) is 1.87. The first-order chi connectivity index (χ1) is 14.9. The van der Waals surface area contributed by atoms with Crippen LogP contribution in [0.3, 0.4) is 0 Å². The van der Waals surface area contributed by atoms with E-state index in [0.29, 0.717) is 13.1 Å². The number of nitrogens with zero attached hydrogens (tertiary/aromatic N) is 5. The van der Waals surface area contributed by atoms with Crippen LogP contribution < -0.4 is 4.90 Å². The molecule has 3 aromatic rings. The molecule has 160 valence electrons. The van der Waals surface area contributed by atoms with E-state index in [4.69, 9.17) is 0 Å². The van der Waals surface area contributed by atoms with E-state index in [1.807, 2.05) is 18.2 Å². The van der Waals surface area contributed by atoms with Crippen molar-refractivity contribution in [1.29, 1.82) is 0 Å². The van der Waals surface area contributed by atoms with E-state index in [1.54, 1.807) is 17.3 Å². The van der Waals surface area contributed by atoms with Crippen molar-refractivity contribution in [3.8, 4) is 0 Å². The predicted octanol–water partition coefficient (Wildman–Crippen LogP) is 3.93. The first-order valence-corrected chi connectivity index (χ1v) is 10.2. The van der Waals surface area contributed by atoms with Crippen LogP contribution in [0.2, 0.25) is 0 Å². The quantitative estimate of drug-likeness (QED) is 0.620. The average molecular weight is 427 g/mol. The van der Waals surface area contributed by atoms with Gasteiger partial charge in [-0.15, -0.1) is 0 Å². The number of likely N-dealkylation sites (tertiary alicyclic amines) is 1. The summed E-state index contributed by atoms with van der Waals surface area (Å²) in [7, 11) is 0. The summed E-state index contributed by atoms with van der Waals surface area (Å²) >= 11 is 0. The Morgan fingerprint density at radius 1 is 0.935 bits per heavy atom. The summed E-state index contributed by atoms with van der Waals surface area (Å²) in [5.41, 5.74) is 1.42. The average Bonchev–Trinajstić information content (AvgIpc) is 2.77. The molecule has 6 nitrogen and oxygen atoms in total. The molecule has 4 heterocycles. The van der Waals surface area contributed by atoms with Crippen LogP contribution in [0.4, 0.5) is 18.9 Å². The highest BCUT2D eigenvalue weighted by atomic mass is 19.4. The largest absolute Gasteiger partial charge is 0.433 e. The Labute approximate surface area is 176 Å². The molecule has 1 atom stereocenters. The van der Waals surface area contributed by atoms with Crippen LogP contribution >= 0.6 is 0 Å². The molecule has 31 heavy (non-hydrogen) atoms. The Kier molecular flexibility index (Phi) is 4.56. The predicted molar refractivity (Wildman–Crippen MR) is 109 cm³/mol. The molecule has 1 amide bonds. The van der Waals surface area contributed by atoms with Crippen molar-refractivity contribution in [2.75, 3.05) is 24.5 Å². The molecule has 0 aliphatic carbocycles. The van der Waals surface area contributed by atoms with Gasteiger partial charge in [0.05, 0.1) is 16.6 Å². The van der Waals surface area contributed by atoms with Crippen molar-refractivity contribution in [3.63, 3.8) is 0 Å². The lowest BCUT2D eigenvalue weighted by atomic mass is 9.77. The Bertz CT molecular complexity index is 1150. The van der Waals surface area contributed by atoms with Crippen molar-refractivity contribution in [3.05, 3.63) is 60.2 Å². The number of fused-ring (bicyclic) bond motifs is 1. The van der Waals surface area contributed by atoms with Crippen molar-refractivity contribution in [1.82, 2.24) is 19.9 Å². The van der Waals surface area contributed by atoms with Gasteiger partial charge in [-0.1, -0.05) is 0 Å². The van der Waals surface area contributed by atoms with Crippen LogP contribution in [-0.4, -0.2) is 50.9 Å².